The third-order valence-corrected chi connectivity index (χ3v) is 3.36. The van der Waals surface area contributed by atoms with Crippen molar-refractivity contribution in [1.82, 2.24) is 10.2 Å². The van der Waals surface area contributed by atoms with Gasteiger partial charge in [-0.05, 0) is 45.1 Å². The number of para-hydroxylation sites is 2. The smallest absolute Gasteiger partial charge is 0.258 e. The maximum atomic E-state index is 11.8. The van der Waals surface area contributed by atoms with Gasteiger partial charge < -0.3 is 20.7 Å². The molecule has 0 saturated carbocycles. The van der Waals surface area contributed by atoms with Crippen LogP contribution in [-0.2, 0) is 4.79 Å². The van der Waals surface area contributed by atoms with Gasteiger partial charge in [0.15, 0.2) is 6.61 Å². The maximum absolute atomic E-state index is 11.8. The molecule has 0 aliphatic carbocycles. The van der Waals surface area contributed by atoms with Gasteiger partial charge in [0.05, 0.1) is 5.69 Å². The van der Waals surface area contributed by atoms with Gasteiger partial charge in [-0.25, -0.2) is 0 Å². The van der Waals surface area contributed by atoms with Crippen LogP contribution < -0.4 is 15.8 Å². The highest BCUT2D eigenvalue weighted by Crippen LogP contribution is 2.19. The SMILES string of the molecule is CN1CCC(NC(=O)COc2ccccc2N)CC1. The number of nitrogens with zero attached hydrogens (tertiary/aromatic N) is 1. The number of amides is 1. The predicted molar refractivity (Wildman–Crippen MR) is 75.0 cm³/mol. The van der Waals surface area contributed by atoms with E-state index in [1.54, 1.807) is 12.1 Å². The molecule has 0 radical (unpaired) electrons. The molecule has 0 spiro atoms. The summed E-state index contributed by atoms with van der Waals surface area (Å²) in [6, 6.07) is 7.45. The number of carbonyl (C=O) groups excluding carboxylic acids is 1. The maximum Gasteiger partial charge on any atom is 0.258 e. The summed E-state index contributed by atoms with van der Waals surface area (Å²) >= 11 is 0. The zero-order valence-corrected chi connectivity index (χ0v) is 11.3. The predicted octanol–water partition coefficient (Wildman–Crippen LogP) is 0.858. The minimum Gasteiger partial charge on any atom is -0.482 e. The Bertz CT molecular complexity index is 428. The molecule has 0 atom stereocenters. The average Bonchev–Trinajstić information content (AvgIpc) is 2.40. The first kappa shape index (κ1) is 13.7. The molecule has 1 aliphatic rings. The molecule has 0 aromatic heterocycles. The Morgan fingerprint density at radius 3 is 2.79 bits per heavy atom. The summed E-state index contributed by atoms with van der Waals surface area (Å²) in [6.07, 6.45) is 1.99. The van der Waals surface area contributed by atoms with Gasteiger partial charge in [0.2, 0.25) is 0 Å². The van der Waals surface area contributed by atoms with Gasteiger partial charge in [-0.3, -0.25) is 4.79 Å². The molecule has 0 unspecified atom stereocenters. The van der Waals surface area contributed by atoms with Crippen molar-refractivity contribution in [2.24, 2.45) is 0 Å². The molecule has 1 aromatic rings. The standard InChI is InChI=1S/C14H21N3O2/c1-17-8-6-11(7-9-17)16-14(18)10-19-13-5-3-2-4-12(13)15/h2-5,11H,6-10,15H2,1H3,(H,16,18). The van der Waals surface area contributed by atoms with Crippen LogP contribution in [0, 0.1) is 0 Å². The Hall–Kier alpha value is -1.75. The van der Waals surface area contributed by atoms with Gasteiger partial charge in [0.25, 0.3) is 5.91 Å². The minimum absolute atomic E-state index is 0.0144. The summed E-state index contributed by atoms with van der Waals surface area (Å²) in [5.74, 6) is 0.471. The van der Waals surface area contributed by atoms with E-state index in [0.29, 0.717) is 11.4 Å². The third-order valence-electron chi connectivity index (χ3n) is 3.36. The number of carbonyl (C=O) groups is 1. The van der Waals surface area contributed by atoms with Crippen LogP contribution in [-0.4, -0.2) is 43.6 Å². The molecule has 1 saturated heterocycles. The van der Waals surface area contributed by atoms with Gasteiger partial charge in [-0.15, -0.1) is 0 Å². The lowest BCUT2D eigenvalue weighted by atomic mass is 10.1. The minimum atomic E-state index is -0.0854. The number of benzene rings is 1. The molecular formula is C14H21N3O2. The van der Waals surface area contributed by atoms with Crippen molar-refractivity contribution in [1.29, 1.82) is 0 Å². The van der Waals surface area contributed by atoms with Crippen molar-refractivity contribution >= 4 is 11.6 Å². The van der Waals surface area contributed by atoms with Crippen molar-refractivity contribution in [3.8, 4) is 5.75 Å². The molecule has 19 heavy (non-hydrogen) atoms. The highest BCUT2D eigenvalue weighted by atomic mass is 16.5. The van der Waals surface area contributed by atoms with Crippen molar-refractivity contribution < 1.29 is 9.53 Å². The van der Waals surface area contributed by atoms with Crippen molar-refractivity contribution in [3.05, 3.63) is 24.3 Å². The summed E-state index contributed by atoms with van der Waals surface area (Å²) in [4.78, 5) is 14.1. The second-order valence-electron chi connectivity index (χ2n) is 4.97. The first-order chi connectivity index (χ1) is 9.15. The van der Waals surface area contributed by atoms with Crippen LogP contribution in [0.4, 0.5) is 5.69 Å². The fraction of sp³-hybridized carbons (Fsp3) is 0.500. The summed E-state index contributed by atoms with van der Waals surface area (Å²) in [5.41, 5.74) is 6.29. The number of hydrogen-bond donors (Lipinski definition) is 2. The number of likely N-dealkylation sites (tertiary alicyclic amines) is 1. The number of nitrogens with one attached hydrogen (secondary N) is 1. The van der Waals surface area contributed by atoms with Gasteiger partial charge in [0.1, 0.15) is 5.75 Å². The number of piperidine rings is 1. The van der Waals surface area contributed by atoms with Crippen molar-refractivity contribution in [3.63, 3.8) is 0 Å². The molecule has 1 aliphatic heterocycles. The van der Waals surface area contributed by atoms with Crippen molar-refractivity contribution in [2.75, 3.05) is 32.5 Å². The van der Waals surface area contributed by atoms with Gasteiger partial charge in [-0.1, -0.05) is 12.1 Å². The molecule has 104 valence electrons. The fourth-order valence-corrected chi connectivity index (χ4v) is 2.18. The average molecular weight is 263 g/mol. The molecule has 3 N–H and O–H groups in total. The summed E-state index contributed by atoms with van der Waals surface area (Å²) < 4.78 is 5.41. The monoisotopic (exact) mass is 263 g/mol. The van der Waals surface area contributed by atoms with Gasteiger partial charge in [0, 0.05) is 6.04 Å². The Labute approximate surface area is 113 Å². The van der Waals surface area contributed by atoms with Crippen LogP contribution in [0.2, 0.25) is 0 Å². The van der Waals surface area contributed by atoms with Crippen molar-refractivity contribution in [2.45, 2.75) is 18.9 Å². The van der Waals surface area contributed by atoms with E-state index in [2.05, 4.69) is 17.3 Å². The van der Waals surface area contributed by atoms with E-state index in [0.717, 1.165) is 25.9 Å². The topological polar surface area (TPSA) is 67.6 Å². The number of ether oxygens (including phenoxy) is 1. The largest absolute Gasteiger partial charge is 0.482 e. The second kappa shape index (κ2) is 6.43. The van der Waals surface area contributed by atoms with Gasteiger partial charge in [-0.2, -0.15) is 0 Å². The normalized spacial score (nSPS) is 17.1. The van der Waals surface area contributed by atoms with Gasteiger partial charge >= 0.3 is 0 Å². The Balaban J connectivity index is 1.74. The molecule has 1 fully saturated rings. The second-order valence-corrected chi connectivity index (χ2v) is 4.97. The molecule has 5 heteroatoms. The lowest BCUT2D eigenvalue weighted by Gasteiger charge is -2.29. The molecule has 5 nitrogen and oxygen atoms in total. The zero-order valence-electron chi connectivity index (χ0n) is 11.3. The van der Waals surface area contributed by atoms with E-state index in [4.69, 9.17) is 10.5 Å². The zero-order chi connectivity index (χ0) is 13.7. The Morgan fingerprint density at radius 1 is 1.42 bits per heavy atom. The molecule has 0 bridgehead atoms. The summed E-state index contributed by atoms with van der Waals surface area (Å²) in [5, 5.41) is 3.00. The number of nitrogen functional groups attached to an aromatic ring is 1. The first-order valence-electron chi connectivity index (χ1n) is 6.60. The number of nitrogens with two attached hydrogens (primary N) is 1. The van der Waals surface area contributed by atoms with Crippen LogP contribution in [0.3, 0.4) is 0 Å². The van der Waals surface area contributed by atoms with Crippen LogP contribution in [0.1, 0.15) is 12.8 Å². The highest BCUT2D eigenvalue weighted by molar-refractivity contribution is 5.78. The van der Waals surface area contributed by atoms with Crippen LogP contribution >= 0.6 is 0 Å². The molecule has 1 aromatic carbocycles. The summed E-state index contributed by atoms with van der Waals surface area (Å²) in [6.45, 7) is 2.06. The lowest BCUT2D eigenvalue weighted by molar-refractivity contribution is -0.124. The van der Waals surface area contributed by atoms with Crippen LogP contribution in [0.15, 0.2) is 24.3 Å². The summed E-state index contributed by atoms with van der Waals surface area (Å²) in [7, 11) is 2.10. The van der Waals surface area contributed by atoms with E-state index in [9.17, 15) is 4.79 Å². The molecular weight excluding hydrogens is 242 g/mol. The molecule has 1 amide bonds. The fourth-order valence-electron chi connectivity index (χ4n) is 2.18. The highest BCUT2D eigenvalue weighted by Gasteiger charge is 2.18. The quantitative estimate of drug-likeness (QED) is 0.791. The van der Waals surface area contributed by atoms with E-state index >= 15 is 0 Å². The lowest BCUT2D eigenvalue weighted by Crippen LogP contribution is -2.44. The van der Waals surface area contributed by atoms with Crippen LogP contribution in [0.25, 0.3) is 0 Å². The first-order valence-corrected chi connectivity index (χ1v) is 6.60. The number of rotatable bonds is 4. The van der Waals surface area contributed by atoms with E-state index in [1.165, 1.54) is 0 Å². The molecule has 2 rings (SSSR count). The van der Waals surface area contributed by atoms with E-state index in [-0.39, 0.29) is 18.6 Å². The van der Waals surface area contributed by atoms with E-state index < -0.39 is 0 Å². The Kier molecular flexibility index (Phi) is 4.63. The van der Waals surface area contributed by atoms with Crippen LogP contribution in [0.5, 0.6) is 5.75 Å². The Morgan fingerprint density at radius 2 is 2.11 bits per heavy atom. The number of hydrogen-bond acceptors (Lipinski definition) is 4. The third kappa shape index (κ3) is 4.13. The number of anilines is 1. The van der Waals surface area contributed by atoms with E-state index in [1.807, 2.05) is 12.1 Å². The molecule has 1 heterocycles.